The molecule has 2 aliphatic heterocycles. The predicted octanol–water partition coefficient (Wildman–Crippen LogP) is 0.0643. The fraction of sp³-hybridized carbons (Fsp3) is 0.647. The van der Waals surface area contributed by atoms with Crippen molar-refractivity contribution in [2.24, 2.45) is 0 Å². The third kappa shape index (κ3) is 4.23. The summed E-state index contributed by atoms with van der Waals surface area (Å²) < 4.78 is 5.35. The van der Waals surface area contributed by atoms with E-state index in [2.05, 4.69) is 9.88 Å². The van der Waals surface area contributed by atoms with Gasteiger partial charge in [-0.3, -0.25) is 14.5 Å². The van der Waals surface area contributed by atoms with E-state index in [1.54, 1.807) is 11.0 Å². The summed E-state index contributed by atoms with van der Waals surface area (Å²) in [5.41, 5.74) is -0.493. The Morgan fingerprint density at radius 1 is 1.21 bits per heavy atom. The maximum atomic E-state index is 12.6. The van der Waals surface area contributed by atoms with Gasteiger partial charge >= 0.3 is 0 Å². The molecule has 2 aliphatic rings. The molecule has 1 amide bonds. The van der Waals surface area contributed by atoms with Crippen molar-refractivity contribution in [3.8, 4) is 0 Å². The van der Waals surface area contributed by atoms with Crippen molar-refractivity contribution in [2.45, 2.75) is 24.9 Å². The van der Waals surface area contributed by atoms with Crippen LogP contribution in [0.4, 0.5) is 0 Å². The number of hydrogen-bond acceptors (Lipinski definition) is 5. The van der Waals surface area contributed by atoms with Crippen molar-refractivity contribution < 1.29 is 14.6 Å². The van der Waals surface area contributed by atoms with Gasteiger partial charge in [0.25, 0.3) is 5.91 Å². The number of ether oxygens (including phenoxy) is 1. The largest absolute Gasteiger partial charge is 0.388 e. The fourth-order valence-electron chi connectivity index (χ4n) is 3.44. The Labute approximate surface area is 141 Å². The number of carbonyl (C=O) groups excluding carboxylic acids is 1. The first-order chi connectivity index (χ1) is 11.6. The van der Waals surface area contributed by atoms with Crippen molar-refractivity contribution in [3.63, 3.8) is 0 Å². The quantitative estimate of drug-likeness (QED) is 0.816. The van der Waals surface area contributed by atoms with E-state index in [1.807, 2.05) is 0 Å². The number of aromatic amines is 1. The second kappa shape index (κ2) is 7.46. The molecular formula is C17H25N3O4. The van der Waals surface area contributed by atoms with Gasteiger partial charge in [0.1, 0.15) is 0 Å². The SMILES string of the molecule is O=C(c1ccc(=O)[nH]c1)N1CCC[C@@](O)(CN2CCOCC2)CC1. The molecule has 7 heteroatoms. The summed E-state index contributed by atoms with van der Waals surface area (Å²) in [5, 5.41) is 10.9. The summed E-state index contributed by atoms with van der Waals surface area (Å²) in [6.07, 6.45) is 3.49. The first-order valence-corrected chi connectivity index (χ1v) is 8.56. The number of hydrogen-bond donors (Lipinski definition) is 2. The zero-order valence-corrected chi connectivity index (χ0v) is 13.9. The summed E-state index contributed by atoms with van der Waals surface area (Å²) in [5.74, 6) is -0.0955. The van der Waals surface area contributed by atoms with Gasteiger partial charge in [-0.1, -0.05) is 0 Å². The number of morpholine rings is 1. The number of aromatic nitrogens is 1. The van der Waals surface area contributed by atoms with E-state index in [-0.39, 0.29) is 11.5 Å². The predicted molar refractivity (Wildman–Crippen MR) is 89.0 cm³/mol. The molecule has 1 aromatic rings. The van der Waals surface area contributed by atoms with Gasteiger partial charge in [-0.2, -0.15) is 0 Å². The second-order valence-electron chi connectivity index (χ2n) is 6.70. The van der Waals surface area contributed by atoms with E-state index >= 15 is 0 Å². The lowest BCUT2D eigenvalue weighted by atomic mass is 9.94. The Kier molecular flexibility index (Phi) is 5.33. The van der Waals surface area contributed by atoms with Crippen LogP contribution in [-0.4, -0.2) is 77.3 Å². The molecule has 0 aliphatic carbocycles. The monoisotopic (exact) mass is 335 g/mol. The third-order valence-corrected chi connectivity index (χ3v) is 4.86. The summed E-state index contributed by atoms with van der Waals surface area (Å²) in [6, 6.07) is 2.91. The zero-order chi connectivity index (χ0) is 17.0. The lowest BCUT2D eigenvalue weighted by Crippen LogP contribution is -2.48. The maximum Gasteiger partial charge on any atom is 0.255 e. The van der Waals surface area contributed by atoms with Crippen LogP contribution in [0.5, 0.6) is 0 Å². The summed E-state index contributed by atoms with van der Waals surface area (Å²) in [6.45, 7) is 4.92. The Morgan fingerprint density at radius 3 is 2.71 bits per heavy atom. The van der Waals surface area contributed by atoms with Crippen molar-refractivity contribution >= 4 is 5.91 Å². The van der Waals surface area contributed by atoms with Gasteiger partial charge in [0.15, 0.2) is 0 Å². The fourth-order valence-corrected chi connectivity index (χ4v) is 3.44. The minimum atomic E-state index is -0.753. The lowest BCUT2D eigenvalue weighted by Gasteiger charge is -2.35. The van der Waals surface area contributed by atoms with Crippen LogP contribution in [0.2, 0.25) is 0 Å². The molecule has 2 fully saturated rings. The number of nitrogens with zero attached hydrogens (tertiary/aromatic N) is 2. The molecule has 0 bridgehead atoms. The first kappa shape index (κ1) is 17.1. The van der Waals surface area contributed by atoms with E-state index in [0.29, 0.717) is 51.3 Å². The van der Waals surface area contributed by atoms with Crippen molar-refractivity contribution in [2.75, 3.05) is 45.9 Å². The van der Waals surface area contributed by atoms with Crippen LogP contribution in [0, 0.1) is 0 Å². The number of pyridine rings is 1. The highest BCUT2D eigenvalue weighted by molar-refractivity contribution is 5.93. The number of rotatable bonds is 3. The molecule has 132 valence electrons. The molecule has 1 atom stereocenters. The highest BCUT2D eigenvalue weighted by Gasteiger charge is 2.33. The van der Waals surface area contributed by atoms with Crippen LogP contribution in [0.3, 0.4) is 0 Å². The highest BCUT2D eigenvalue weighted by atomic mass is 16.5. The standard InChI is InChI=1S/C17H25N3O4/c21-15-3-2-14(12-18-15)16(22)20-6-1-4-17(23,5-7-20)13-19-8-10-24-11-9-19/h2-3,12,23H,1,4-11,13H2,(H,18,21)/t17-/m0/s1. The lowest BCUT2D eigenvalue weighted by molar-refractivity contribution is -0.0389. The number of nitrogens with one attached hydrogen (secondary N) is 1. The minimum absolute atomic E-state index is 0.0955. The third-order valence-electron chi connectivity index (χ3n) is 4.86. The van der Waals surface area contributed by atoms with Crippen LogP contribution in [0.1, 0.15) is 29.6 Å². The molecule has 3 rings (SSSR count). The smallest absolute Gasteiger partial charge is 0.255 e. The van der Waals surface area contributed by atoms with Crippen LogP contribution < -0.4 is 5.56 Å². The molecule has 0 aromatic carbocycles. The van der Waals surface area contributed by atoms with Crippen molar-refractivity contribution in [1.29, 1.82) is 0 Å². The van der Waals surface area contributed by atoms with Gasteiger partial charge in [0.2, 0.25) is 5.56 Å². The van der Waals surface area contributed by atoms with Gasteiger partial charge in [-0.05, 0) is 25.3 Å². The second-order valence-corrected chi connectivity index (χ2v) is 6.70. The molecule has 1 aromatic heterocycles. The summed E-state index contributed by atoms with van der Waals surface area (Å²) in [7, 11) is 0. The molecule has 7 nitrogen and oxygen atoms in total. The number of likely N-dealkylation sites (tertiary alicyclic amines) is 1. The van der Waals surface area contributed by atoms with E-state index in [9.17, 15) is 14.7 Å². The minimum Gasteiger partial charge on any atom is -0.388 e. The average molecular weight is 335 g/mol. The normalized spacial score (nSPS) is 26.1. The van der Waals surface area contributed by atoms with Crippen LogP contribution in [0.15, 0.2) is 23.1 Å². The van der Waals surface area contributed by atoms with Crippen molar-refractivity contribution in [1.82, 2.24) is 14.8 Å². The number of β-amino-alcohol motifs (C(OH)–C–C–N with tert-alkyl or cyclic N) is 1. The summed E-state index contributed by atoms with van der Waals surface area (Å²) >= 11 is 0. The highest BCUT2D eigenvalue weighted by Crippen LogP contribution is 2.24. The van der Waals surface area contributed by atoms with Gasteiger partial charge in [0, 0.05) is 45.0 Å². The van der Waals surface area contributed by atoms with Gasteiger partial charge in [0.05, 0.1) is 24.4 Å². The van der Waals surface area contributed by atoms with E-state index in [0.717, 1.165) is 19.5 Å². The van der Waals surface area contributed by atoms with Crippen LogP contribution >= 0.6 is 0 Å². The average Bonchev–Trinajstić information content (AvgIpc) is 2.78. The topological polar surface area (TPSA) is 85.9 Å². The van der Waals surface area contributed by atoms with Gasteiger partial charge in [-0.15, -0.1) is 0 Å². The molecule has 3 heterocycles. The van der Waals surface area contributed by atoms with E-state index < -0.39 is 5.60 Å². The Balaban J connectivity index is 1.60. The number of aliphatic hydroxyl groups is 1. The molecule has 24 heavy (non-hydrogen) atoms. The number of amides is 1. The van der Waals surface area contributed by atoms with E-state index in [4.69, 9.17) is 4.74 Å². The number of H-pyrrole nitrogens is 1. The zero-order valence-electron chi connectivity index (χ0n) is 13.9. The van der Waals surface area contributed by atoms with Gasteiger partial charge < -0.3 is 19.7 Å². The van der Waals surface area contributed by atoms with Crippen LogP contribution in [-0.2, 0) is 4.74 Å². The Morgan fingerprint density at radius 2 is 2.00 bits per heavy atom. The maximum absolute atomic E-state index is 12.6. The number of carbonyl (C=O) groups is 1. The molecule has 2 saturated heterocycles. The molecule has 0 spiro atoms. The Bertz CT molecular complexity index is 606. The van der Waals surface area contributed by atoms with E-state index in [1.165, 1.54) is 12.3 Å². The first-order valence-electron chi connectivity index (χ1n) is 8.56. The molecule has 0 saturated carbocycles. The molecular weight excluding hydrogens is 310 g/mol. The van der Waals surface area contributed by atoms with Crippen molar-refractivity contribution in [3.05, 3.63) is 34.2 Å². The van der Waals surface area contributed by atoms with Crippen LogP contribution in [0.25, 0.3) is 0 Å². The Hall–Kier alpha value is -1.70. The molecule has 0 radical (unpaired) electrons. The summed E-state index contributed by atoms with van der Waals surface area (Å²) in [4.78, 5) is 30.2. The molecule has 2 N–H and O–H groups in total. The molecule has 0 unspecified atom stereocenters. The van der Waals surface area contributed by atoms with Gasteiger partial charge in [-0.25, -0.2) is 0 Å².